The van der Waals surface area contributed by atoms with E-state index in [0.717, 1.165) is 0 Å². The summed E-state index contributed by atoms with van der Waals surface area (Å²) in [5, 5.41) is 30.3. The van der Waals surface area contributed by atoms with E-state index in [1.165, 1.54) is 30.3 Å². The summed E-state index contributed by atoms with van der Waals surface area (Å²) in [7, 11) is 0. The summed E-state index contributed by atoms with van der Waals surface area (Å²) >= 11 is 0. The molecule has 0 spiro atoms. The van der Waals surface area contributed by atoms with E-state index < -0.39 is 28.5 Å². The molecular weight excluding hydrogens is 351 g/mol. The van der Waals surface area contributed by atoms with Crippen LogP contribution >= 0.6 is 0 Å². The number of halogens is 1. The van der Waals surface area contributed by atoms with Gasteiger partial charge in [0.25, 0.3) is 0 Å². The first-order chi connectivity index (χ1) is 13.0. The molecule has 0 aliphatic rings. The molecule has 0 bridgehead atoms. The Kier molecular flexibility index (Phi) is 3.81. The standard InChI is InChI=1S/C21H13FO5/c22-13-8-6-12(7-9-13)16-18(24)20(26)19(25)17-14(23)10-15(27-21(16)17)11-4-2-1-3-5-11/h1-10,24-26H. The molecule has 3 N–H and O–H groups in total. The van der Waals surface area contributed by atoms with E-state index in [2.05, 4.69) is 0 Å². The van der Waals surface area contributed by atoms with Crippen LogP contribution in [-0.4, -0.2) is 15.3 Å². The number of rotatable bonds is 2. The van der Waals surface area contributed by atoms with E-state index in [0.29, 0.717) is 11.1 Å². The summed E-state index contributed by atoms with van der Waals surface area (Å²) in [6.45, 7) is 0. The van der Waals surface area contributed by atoms with Crippen molar-refractivity contribution in [2.75, 3.05) is 0 Å². The highest BCUT2D eigenvalue weighted by Gasteiger charge is 2.24. The fraction of sp³-hybridized carbons (Fsp3) is 0. The van der Waals surface area contributed by atoms with Gasteiger partial charge in [-0.05, 0) is 17.7 Å². The highest BCUT2D eigenvalue weighted by molar-refractivity contribution is 6.02. The minimum atomic E-state index is -0.846. The summed E-state index contributed by atoms with van der Waals surface area (Å²) < 4.78 is 19.1. The quantitative estimate of drug-likeness (QED) is 0.459. The maximum absolute atomic E-state index is 13.3. The Balaban J connectivity index is 2.14. The number of fused-ring (bicyclic) bond motifs is 1. The van der Waals surface area contributed by atoms with E-state index in [1.54, 1.807) is 24.3 Å². The molecule has 0 aliphatic carbocycles. The first-order valence-electron chi connectivity index (χ1n) is 8.03. The Morgan fingerprint density at radius 1 is 0.778 bits per heavy atom. The SMILES string of the molecule is O=c1cc(-c2ccccc2)oc2c(-c3ccc(F)cc3)c(O)c(O)c(O)c12. The van der Waals surface area contributed by atoms with Gasteiger partial charge in [0.05, 0.1) is 5.56 Å². The fourth-order valence-electron chi connectivity index (χ4n) is 2.98. The van der Waals surface area contributed by atoms with E-state index in [9.17, 15) is 24.5 Å². The van der Waals surface area contributed by atoms with Crippen LogP contribution in [0, 0.1) is 5.82 Å². The van der Waals surface area contributed by atoms with Crippen LogP contribution in [0.4, 0.5) is 4.39 Å². The van der Waals surface area contributed by atoms with Gasteiger partial charge >= 0.3 is 0 Å². The molecule has 5 nitrogen and oxygen atoms in total. The van der Waals surface area contributed by atoms with Crippen LogP contribution in [0.25, 0.3) is 33.4 Å². The average Bonchev–Trinajstić information content (AvgIpc) is 2.68. The minimum absolute atomic E-state index is 0.0184. The Morgan fingerprint density at radius 3 is 2.11 bits per heavy atom. The Bertz CT molecular complexity index is 1210. The first-order valence-corrected chi connectivity index (χ1v) is 8.03. The molecule has 0 saturated heterocycles. The first kappa shape index (κ1) is 16.7. The third kappa shape index (κ3) is 2.67. The number of aromatic hydroxyl groups is 3. The molecule has 0 saturated carbocycles. The van der Waals surface area contributed by atoms with Crippen molar-refractivity contribution >= 4 is 11.0 Å². The summed E-state index contributed by atoms with van der Waals surface area (Å²) in [5.41, 5.74) is 0.207. The molecule has 1 heterocycles. The molecule has 4 aromatic rings. The van der Waals surface area contributed by atoms with Gasteiger partial charge in [-0.1, -0.05) is 42.5 Å². The largest absolute Gasteiger partial charge is 0.504 e. The van der Waals surface area contributed by atoms with E-state index >= 15 is 0 Å². The van der Waals surface area contributed by atoms with E-state index in [4.69, 9.17) is 4.42 Å². The van der Waals surface area contributed by atoms with Crippen LogP contribution in [0.15, 0.2) is 69.9 Å². The molecule has 0 amide bonds. The number of hydrogen-bond acceptors (Lipinski definition) is 5. The van der Waals surface area contributed by atoms with Gasteiger partial charge in [-0.15, -0.1) is 0 Å². The molecule has 0 aliphatic heterocycles. The van der Waals surface area contributed by atoms with Gasteiger partial charge in [0, 0.05) is 11.6 Å². The molecule has 3 aromatic carbocycles. The minimum Gasteiger partial charge on any atom is -0.504 e. The highest BCUT2D eigenvalue weighted by Crippen LogP contribution is 2.48. The van der Waals surface area contributed by atoms with Crippen molar-refractivity contribution in [2.24, 2.45) is 0 Å². The lowest BCUT2D eigenvalue weighted by Crippen LogP contribution is -2.02. The van der Waals surface area contributed by atoms with Gasteiger partial charge in [-0.25, -0.2) is 4.39 Å². The van der Waals surface area contributed by atoms with E-state index in [-0.39, 0.29) is 22.3 Å². The van der Waals surface area contributed by atoms with Crippen molar-refractivity contribution in [3.8, 4) is 39.7 Å². The Hall–Kier alpha value is -3.80. The van der Waals surface area contributed by atoms with E-state index in [1.807, 2.05) is 6.07 Å². The van der Waals surface area contributed by atoms with Crippen molar-refractivity contribution < 1.29 is 24.1 Å². The predicted molar refractivity (Wildman–Crippen MR) is 98.3 cm³/mol. The number of hydrogen-bond donors (Lipinski definition) is 3. The number of phenolic OH excluding ortho intramolecular Hbond substituents is 3. The number of phenols is 3. The van der Waals surface area contributed by atoms with Crippen LogP contribution in [0.3, 0.4) is 0 Å². The van der Waals surface area contributed by atoms with Gasteiger partial charge in [0.1, 0.15) is 17.0 Å². The van der Waals surface area contributed by atoms with Gasteiger partial charge in [-0.2, -0.15) is 0 Å². The molecule has 27 heavy (non-hydrogen) atoms. The summed E-state index contributed by atoms with van der Waals surface area (Å²) in [6.07, 6.45) is 0. The maximum Gasteiger partial charge on any atom is 0.202 e. The lowest BCUT2D eigenvalue weighted by molar-refractivity contribution is 0.371. The molecule has 134 valence electrons. The summed E-state index contributed by atoms with van der Waals surface area (Å²) in [6, 6.07) is 15.1. The van der Waals surface area contributed by atoms with Crippen LogP contribution in [0.1, 0.15) is 0 Å². The van der Waals surface area contributed by atoms with Gasteiger partial charge < -0.3 is 19.7 Å². The zero-order valence-electron chi connectivity index (χ0n) is 13.8. The van der Waals surface area contributed by atoms with Crippen LogP contribution < -0.4 is 5.43 Å². The van der Waals surface area contributed by atoms with Crippen molar-refractivity contribution in [1.82, 2.24) is 0 Å². The predicted octanol–water partition coefficient (Wildman–Crippen LogP) is 4.38. The molecule has 4 rings (SSSR count). The average molecular weight is 364 g/mol. The second-order valence-corrected chi connectivity index (χ2v) is 5.97. The van der Waals surface area contributed by atoms with Crippen molar-refractivity contribution in [1.29, 1.82) is 0 Å². The second kappa shape index (κ2) is 6.17. The normalized spacial score (nSPS) is 11.0. The molecule has 0 unspecified atom stereocenters. The molecule has 6 heteroatoms. The Labute approximate surface area is 152 Å². The van der Waals surface area contributed by atoms with Crippen LogP contribution in [-0.2, 0) is 0 Å². The molecular formula is C21H13FO5. The highest BCUT2D eigenvalue weighted by atomic mass is 19.1. The molecule has 0 radical (unpaired) electrons. The van der Waals surface area contributed by atoms with Gasteiger partial charge in [-0.3, -0.25) is 4.79 Å². The third-order valence-corrected chi connectivity index (χ3v) is 4.29. The molecule has 0 atom stereocenters. The van der Waals surface area contributed by atoms with Crippen molar-refractivity contribution in [3.63, 3.8) is 0 Å². The smallest absolute Gasteiger partial charge is 0.202 e. The maximum atomic E-state index is 13.3. The zero-order chi connectivity index (χ0) is 19.1. The van der Waals surface area contributed by atoms with Crippen LogP contribution in [0.5, 0.6) is 17.2 Å². The second-order valence-electron chi connectivity index (χ2n) is 5.97. The summed E-state index contributed by atoms with van der Waals surface area (Å²) in [5.74, 6) is -2.55. The Morgan fingerprint density at radius 2 is 1.44 bits per heavy atom. The van der Waals surface area contributed by atoms with Crippen LogP contribution in [0.2, 0.25) is 0 Å². The lowest BCUT2D eigenvalue weighted by Gasteiger charge is -2.13. The lowest BCUT2D eigenvalue weighted by atomic mass is 9.99. The summed E-state index contributed by atoms with van der Waals surface area (Å²) in [4.78, 5) is 12.6. The van der Waals surface area contributed by atoms with Crippen molar-refractivity contribution in [2.45, 2.75) is 0 Å². The molecule has 1 aromatic heterocycles. The molecule has 0 fully saturated rings. The third-order valence-electron chi connectivity index (χ3n) is 4.29. The topological polar surface area (TPSA) is 90.9 Å². The van der Waals surface area contributed by atoms with Gasteiger partial charge in [0.15, 0.2) is 22.5 Å². The number of benzene rings is 3. The fourth-order valence-corrected chi connectivity index (χ4v) is 2.98. The monoisotopic (exact) mass is 364 g/mol. The van der Waals surface area contributed by atoms with Gasteiger partial charge in [0.2, 0.25) is 5.75 Å². The van der Waals surface area contributed by atoms with Crippen molar-refractivity contribution in [3.05, 3.63) is 76.7 Å². The zero-order valence-corrected chi connectivity index (χ0v) is 13.8.